The Labute approximate surface area is 489 Å². The Morgan fingerprint density at radius 3 is 1.33 bits per heavy atom. The van der Waals surface area contributed by atoms with Crippen LogP contribution in [-0.4, -0.2) is 94.0 Å². The summed E-state index contributed by atoms with van der Waals surface area (Å²) in [5.41, 5.74) is 25.1. The molecule has 0 spiro atoms. The molecule has 4 aliphatic rings. The van der Waals surface area contributed by atoms with E-state index in [1.54, 1.807) is 62.8 Å². The summed E-state index contributed by atoms with van der Waals surface area (Å²) in [6.45, 7) is 0.0877. The van der Waals surface area contributed by atoms with Crippen molar-refractivity contribution >= 4 is 24.4 Å². The molecule has 83 heavy (non-hydrogen) atoms. The van der Waals surface area contributed by atoms with Crippen LogP contribution in [0.2, 0.25) is 0 Å². The Balaban J connectivity index is 0.000000205. The first-order valence-electron chi connectivity index (χ1n) is 28.8. The van der Waals surface area contributed by atoms with Crippen LogP contribution in [0.1, 0.15) is 108 Å². The number of methoxy groups -OCH3 is 3. The van der Waals surface area contributed by atoms with E-state index < -0.39 is 24.4 Å². The summed E-state index contributed by atoms with van der Waals surface area (Å²) in [4.78, 5) is 47.6. The molecule has 0 heterocycles. The van der Waals surface area contributed by atoms with E-state index in [9.17, 15) is 19.2 Å². The van der Waals surface area contributed by atoms with Gasteiger partial charge in [-0.25, -0.2) is 19.2 Å². The minimum Gasteiger partial charge on any atom is -0.493 e. The van der Waals surface area contributed by atoms with Crippen LogP contribution in [0.4, 0.5) is 19.2 Å². The highest BCUT2D eigenvalue weighted by Crippen LogP contribution is 2.38. The fraction of sp³-hybridized carbons (Fsp3) is 0.438. The van der Waals surface area contributed by atoms with Crippen LogP contribution in [0.15, 0.2) is 152 Å². The molecule has 0 radical (unpaired) electrons. The summed E-state index contributed by atoms with van der Waals surface area (Å²) in [6, 6.07) is 29.9. The van der Waals surface area contributed by atoms with E-state index in [2.05, 4.69) is 57.7 Å². The molecule has 0 saturated heterocycles. The number of carbonyl (C=O) groups excluding carboxylic acids is 4. The number of nitrogens with one attached hydrogen (secondary N) is 4. The molecule has 0 fully saturated rings. The standard InChI is InChI=1S/C19H28N2O5.3C15H20N2O2/c1-23-16-10-13(11-17(24-2)18(16)25-3)12-26-19(22)21-15-9-7-5-4-6-8-14(15)20;3*16-13-10-6-1-2-7-11-14(13)17-15(18)19-12-8-4-3-5-9-12/h4-5,10-11,14-15H,6-9,12,20H2,1-3H3,(H,21,22);3-5,7-9,11,13-14H,1-2,6,10,16H2,(H,17,18);3-6,8-10,13-14H,1-2,7,11,16H2,(H,17,18);1-5,8-9,13-14H,6-7,10-11,16H2,(H,17,18)/b5-4+;11-7+;10-6+;2-1+. The van der Waals surface area contributed by atoms with E-state index in [0.29, 0.717) is 34.5 Å². The molecule has 0 aliphatic heterocycles. The van der Waals surface area contributed by atoms with Crippen LogP contribution in [0.5, 0.6) is 34.5 Å². The molecule has 8 atom stereocenters. The molecule has 4 aromatic carbocycles. The summed E-state index contributed by atoms with van der Waals surface area (Å²) in [5, 5.41) is 11.4. The van der Waals surface area contributed by atoms with Gasteiger partial charge in [0.1, 0.15) is 23.9 Å². The predicted molar refractivity (Wildman–Crippen MR) is 324 cm³/mol. The van der Waals surface area contributed by atoms with Crippen LogP contribution in [0, 0.1) is 0 Å². The molecule has 12 N–H and O–H groups in total. The van der Waals surface area contributed by atoms with E-state index >= 15 is 0 Å². The first-order chi connectivity index (χ1) is 40.3. The molecule has 0 saturated carbocycles. The van der Waals surface area contributed by atoms with Crippen molar-refractivity contribution in [3.05, 3.63) is 157 Å². The summed E-state index contributed by atoms with van der Waals surface area (Å²) >= 11 is 0. The van der Waals surface area contributed by atoms with Crippen molar-refractivity contribution in [2.24, 2.45) is 22.9 Å². The quantitative estimate of drug-likeness (QED) is 0.0612. The van der Waals surface area contributed by atoms with Crippen molar-refractivity contribution in [2.45, 2.75) is 158 Å². The number of ether oxygens (including phenoxy) is 7. The number of carbonyl (C=O) groups is 4. The smallest absolute Gasteiger partial charge is 0.413 e. The first kappa shape index (κ1) is 66.0. The maximum absolute atomic E-state index is 12.2. The Kier molecular flexibility index (Phi) is 30.2. The summed E-state index contributed by atoms with van der Waals surface area (Å²) in [6.07, 6.45) is 30.3. The molecule has 4 aliphatic carbocycles. The third kappa shape index (κ3) is 25.5. The average molecular weight is 1150 g/mol. The zero-order valence-electron chi connectivity index (χ0n) is 48.4. The van der Waals surface area contributed by atoms with E-state index in [0.717, 1.165) is 108 Å². The molecule has 8 unspecified atom stereocenters. The first-order valence-corrected chi connectivity index (χ1v) is 28.8. The van der Waals surface area contributed by atoms with Gasteiger partial charge in [0.25, 0.3) is 0 Å². The van der Waals surface area contributed by atoms with Gasteiger partial charge in [-0.15, -0.1) is 0 Å². The van der Waals surface area contributed by atoms with E-state index in [4.69, 9.17) is 56.1 Å². The molecule has 19 nitrogen and oxygen atoms in total. The lowest BCUT2D eigenvalue weighted by atomic mass is 9.96. The number of nitrogens with two attached hydrogens (primary N) is 4. The molecule has 8 rings (SSSR count). The van der Waals surface area contributed by atoms with Gasteiger partial charge in [0.15, 0.2) is 11.5 Å². The Bertz CT molecular complexity index is 2620. The third-order valence-corrected chi connectivity index (χ3v) is 14.1. The highest BCUT2D eigenvalue weighted by Gasteiger charge is 2.24. The highest BCUT2D eigenvalue weighted by molar-refractivity contribution is 5.72. The maximum Gasteiger partial charge on any atom is 0.413 e. The van der Waals surface area contributed by atoms with Crippen molar-refractivity contribution in [1.82, 2.24) is 21.3 Å². The second-order valence-electron chi connectivity index (χ2n) is 20.4. The number of benzene rings is 4. The van der Waals surface area contributed by atoms with Crippen molar-refractivity contribution < 1.29 is 52.3 Å². The zero-order chi connectivity index (χ0) is 59.4. The topological polar surface area (TPSA) is 285 Å². The van der Waals surface area contributed by atoms with Gasteiger partial charge in [0.2, 0.25) is 5.75 Å². The summed E-state index contributed by atoms with van der Waals surface area (Å²) in [5.74, 6) is 3.13. The van der Waals surface area contributed by atoms with Gasteiger partial charge in [-0.2, -0.15) is 0 Å². The number of alkyl carbamates (subject to hydrolysis) is 1. The third-order valence-electron chi connectivity index (χ3n) is 14.1. The van der Waals surface area contributed by atoms with E-state index in [1.165, 1.54) is 7.11 Å². The molecule has 19 heteroatoms. The second kappa shape index (κ2) is 38.0. The zero-order valence-corrected chi connectivity index (χ0v) is 48.4. The Morgan fingerprint density at radius 1 is 0.434 bits per heavy atom. The Hall–Kier alpha value is -7.84. The highest BCUT2D eigenvalue weighted by atomic mass is 16.6. The van der Waals surface area contributed by atoms with E-state index in [-0.39, 0.29) is 54.9 Å². The lowest BCUT2D eigenvalue weighted by Gasteiger charge is -2.25. The fourth-order valence-electron chi connectivity index (χ4n) is 9.40. The van der Waals surface area contributed by atoms with Gasteiger partial charge in [0, 0.05) is 36.3 Å². The van der Waals surface area contributed by atoms with Crippen molar-refractivity contribution in [3.63, 3.8) is 0 Å². The molecule has 4 aromatic rings. The summed E-state index contributed by atoms with van der Waals surface area (Å²) < 4.78 is 36.9. The van der Waals surface area contributed by atoms with Crippen LogP contribution in [-0.2, 0) is 11.3 Å². The van der Waals surface area contributed by atoms with Gasteiger partial charge in [0.05, 0.1) is 33.4 Å². The second-order valence-corrected chi connectivity index (χ2v) is 20.4. The molecule has 4 amide bonds. The normalized spacial score (nSPS) is 23.7. The van der Waals surface area contributed by atoms with Crippen molar-refractivity contribution in [2.75, 3.05) is 21.3 Å². The maximum atomic E-state index is 12.2. The number of para-hydroxylation sites is 3. The van der Waals surface area contributed by atoms with Crippen LogP contribution < -0.4 is 72.6 Å². The minimum atomic E-state index is -0.483. The van der Waals surface area contributed by atoms with Crippen LogP contribution >= 0.6 is 0 Å². The largest absolute Gasteiger partial charge is 0.493 e. The van der Waals surface area contributed by atoms with Gasteiger partial charge in [-0.05, 0) is 144 Å². The van der Waals surface area contributed by atoms with Crippen LogP contribution in [0.3, 0.4) is 0 Å². The van der Waals surface area contributed by atoms with Crippen molar-refractivity contribution in [1.29, 1.82) is 0 Å². The SMILES string of the molecule is COc1cc(COC(=O)NC2CC/C=C/CCC2N)cc(OC)c1OC.NC1/C=C/CCCCC1NC(=O)Oc1ccccc1.NC1CC/C=C/CCC1NC(=O)Oc1ccccc1.NC1CCCC/C=C/C1NC(=O)Oc1ccccc1. The Morgan fingerprint density at radius 2 is 0.855 bits per heavy atom. The van der Waals surface area contributed by atoms with Gasteiger partial charge >= 0.3 is 24.4 Å². The van der Waals surface area contributed by atoms with Crippen molar-refractivity contribution in [3.8, 4) is 34.5 Å². The molecule has 0 aromatic heterocycles. The molecule has 0 bridgehead atoms. The summed E-state index contributed by atoms with van der Waals surface area (Å²) in [7, 11) is 4.62. The molecular formula is C64H88N8O11. The lowest BCUT2D eigenvalue weighted by Crippen LogP contribution is -2.48. The van der Waals surface area contributed by atoms with Gasteiger partial charge in [-0.1, -0.05) is 116 Å². The molecular weight excluding hydrogens is 1060 g/mol. The van der Waals surface area contributed by atoms with E-state index in [1.807, 2.05) is 66.7 Å². The number of hydrogen-bond donors (Lipinski definition) is 8. The predicted octanol–water partition coefficient (Wildman–Crippen LogP) is 10.6. The number of amides is 4. The average Bonchev–Trinajstić information content (AvgIpc) is 3.48. The number of hydrogen-bond acceptors (Lipinski definition) is 15. The van der Waals surface area contributed by atoms with Gasteiger partial charge < -0.3 is 77.4 Å². The minimum absolute atomic E-state index is 0.0201. The molecule has 450 valence electrons. The van der Waals surface area contributed by atoms with Gasteiger partial charge in [-0.3, -0.25) is 0 Å². The monoisotopic (exact) mass is 1140 g/mol. The van der Waals surface area contributed by atoms with Crippen LogP contribution in [0.25, 0.3) is 0 Å². The number of rotatable bonds is 12. The lowest BCUT2D eigenvalue weighted by molar-refractivity contribution is 0.132. The fourth-order valence-corrected chi connectivity index (χ4v) is 9.40. The number of allylic oxidation sites excluding steroid dienone is 6.